The van der Waals surface area contributed by atoms with Gasteiger partial charge in [-0.2, -0.15) is 8.42 Å². The lowest BCUT2D eigenvalue weighted by Gasteiger charge is -2.22. The maximum Gasteiger partial charge on any atom is 0.405 e. The average molecular weight is 442 g/mol. The molecule has 1 unspecified atom stereocenters. The van der Waals surface area contributed by atoms with Gasteiger partial charge in [-0.1, -0.05) is 30.3 Å². The summed E-state index contributed by atoms with van der Waals surface area (Å²) in [6.45, 7) is 0.107. The predicted octanol–water partition coefficient (Wildman–Crippen LogP) is 1.37. The van der Waals surface area contributed by atoms with Gasteiger partial charge in [-0.15, -0.1) is 11.3 Å². The van der Waals surface area contributed by atoms with Crippen LogP contribution in [0.25, 0.3) is 11.3 Å². The summed E-state index contributed by atoms with van der Waals surface area (Å²) in [5.74, 6) is -0.444. The summed E-state index contributed by atoms with van der Waals surface area (Å²) in [5, 5.41) is 18.4. The van der Waals surface area contributed by atoms with Crippen molar-refractivity contribution in [2.45, 2.75) is 25.3 Å². The molecule has 1 atom stereocenters. The number of nitrogens with one attached hydrogen (secondary N) is 2. The fourth-order valence-corrected chi connectivity index (χ4v) is 3.82. The summed E-state index contributed by atoms with van der Waals surface area (Å²) in [6.07, 6.45) is -0.289. The molecule has 0 aliphatic carbocycles. The van der Waals surface area contributed by atoms with Crippen LogP contribution < -0.4 is 20.1 Å². The van der Waals surface area contributed by atoms with Gasteiger partial charge in [-0.3, -0.25) is 9.69 Å². The first kappa shape index (κ1) is 22.7. The fourth-order valence-electron chi connectivity index (χ4n) is 2.58. The minimum atomic E-state index is -3.77. The number of likely N-dealkylation sites (N-methyl/N-ethyl adjacent to an activating group) is 1. The Hall–Kier alpha value is -2.54. The van der Waals surface area contributed by atoms with Crippen LogP contribution in [0, 0.1) is 0 Å². The summed E-state index contributed by atoms with van der Waals surface area (Å²) >= 11 is 1.28. The van der Waals surface area contributed by atoms with E-state index in [9.17, 15) is 18.0 Å². The van der Waals surface area contributed by atoms with Crippen LogP contribution in [0.1, 0.15) is 19.3 Å². The van der Waals surface area contributed by atoms with E-state index < -0.39 is 28.3 Å². The van der Waals surface area contributed by atoms with E-state index in [4.69, 9.17) is 10.2 Å². The molecule has 2 aromatic rings. The Balaban J connectivity index is 2.00. The standard InChI is InChI=1S/C17H23N5O5S2/c1-22(16-20-14(11-28-16)12-7-3-2-4-8-12)15(23)13(21-17(24)25)9-5-6-10-19-29(18,26)27/h2-4,7-8,11,13,19,21H,5-6,9-10H2,1H3,(H,24,25)(H2,18,26,27). The number of nitrogens with zero attached hydrogens (tertiary/aromatic N) is 2. The number of hydrogen-bond acceptors (Lipinski definition) is 6. The number of carbonyl (C=O) groups excluding carboxylic acids is 1. The van der Waals surface area contributed by atoms with Crippen LogP contribution >= 0.6 is 11.3 Å². The Bertz CT molecular complexity index is 933. The minimum absolute atomic E-state index is 0.107. The molecule has 2 amide bonds. The highest BCUT2D eigenvalue weighted by Crippen LogP contribution is 2.27. The van der Waals surface area contributed by atoms with Gasteiger partial charge in [0.25, 0.3) is 16.1 Å². The number of unbranched alkanes of at least 4 members (excludes halogenated alkanes) is 1. The summed E-state index contributed by atoms with van der Waals surface area (Å²) < 4.78 is 23.8. The molecule has 0 radical (unpaired) electrons. The van der Waals surface area contributed by atoms with Gasteiger partial charge in [0.1, 0.15) is 6.04 Å². The predicted molar refractivity (Wildman–Crippen MR) is 111 cm³/mol. The third kappa shape index (κ3) is 7.42. The molecule has 0 aliphatic rings. The summed E-state index contributed by atoms with van der Waals surface area (Å²) in [7, 11) is -2.24. The molecule has 0 bridgehead atoms. The molecular formula is C17H23N5O5S2. The summed E-state index contributed by atoms with van der Waals surface area (Å²) in [4.78, 5) is 29.6. The zero-order valence-corrected chi connectivity index (χ0v) is 17.4. The number of benzene rings is 1. The van der Waals surface area contributed by atoms with Gasteiger partial charge in [-0.05, 0) is 19.3 Å². The van der Waals surface area contributed by atoms with Gasteiger partial charge in [0.05, 0.1) is 5.69 Å². The lowest BCUT2D eigenvalue weighted by atomic mass is 10.1. The quantitative estimate of drug-likeness (QED) is 0.408. The van der Waals surface area contributed by atoms with Crippen molar-refractivity contribution >= 4 is 38.7 Å². The number of aromatic nitrogens is 1. The summed E-state index contributed by atoms with van der Waals surface area (Å²) in [6, 6.07) is 8.51. The first-order chi connectivity index (χ1) is 13.7. The highest BCUT2D eigenvalue weighted by molar-refractivity contribution is 7.87. The molecule has 12 heteroatoms. The van der Waals surface area contributed by atoms with Gasteiger partial charge in [0.15, 0.2) is 5.13 Å². The van der Waals surface area contributed by atoms with Gasteiger partial charge < -0.3 is 10.4 Å². The average Bonchev–Trinajstić information content (AvgIpc) is 3.15. The van der Waals surface area contributed by atoms with Crippen molar-refractivity contribution in [2.75, 3.05) is 18.5 Å². The van der Waals surface area contributed by atoms with E-state index >= 15 is 0 Å². The number of hydrogen-bond donors (Lipinski definition) is 4. The summed E-state index contributed by atoms with van der Waals surface area (Å²) in [5.41, 5.74) is 1.64. The third-order valence-electron chi connectivity index (χ3n) is 4.00. The molecule has 10 nitrogen and oxygen atoms in total. The second-order valence-electron chi connectivity index (χ2n) is 6.22. The molecule has 1 aromatic carbocycles. The van der Waals surface area contributed by atoms with Crippen LogP contribution in [-0.4, -0.2) is 50.1 Å². The van der Waals surface area contributed by atoms with Gasteiger partial charge >= 0.3 is 6.09 Å². The van der Waals surface area contributed by atoms with E-state index in [1.54, 1.807) is 0 Å². The number of thiazole rings is 1. The molecule has 0 spiro atoms. The zero-order valence-electron chi connectivity index (χ0n) is 15.7. The molecule has 2 rings (SSSR count). The van der Waals surface area contributed by atoms with Crippen LogP contribution in [0.4, 0.5) is 9.93 Å². The lowest BCUT2D eigenvalue weighted by molar-refractivity contribution is -0.120. The van der Waals surface area contributed by atoms with E-state index in [2.05, 4.69) is 15.0 Å². The van der Waals surface area contributed by atoms with E-state index in [0.29, 0.717) is 18.0 Å². The smallest absolute Gasteiger partial charge is 0.405 e. The molecule has 29 heavy (non-hydrogen) atoms. The molecule has 0 saturated carbocycles. The van der Waals surface area contributed by atoms with Gasteiger partial charge in [0, 0.05) is 24.5 Å². The number of rotatable bonds is 10. The van der Waals surface area contributed by atoms with Gasteiger partial charge in [-0.25, -0.2) is 19.6 Å². The van der Waals surface area contributed by atoms with Crippen molar-refractivity contribution in [3.8, 4) is 11.3 Å². The van der Waals surface area contributed by atoms with Gasteiger partial charge in [0.2, 0.25) is 0 Å². The van der Waals surface area contributed by atoms with Crippen LogP contribution in [0.5, 0.6) is 0 Å². The Labute approximate surface area is 172 Å². The topological polar surface area (TPSA) is 155 Å². The van der Waals surface area contributed by atoms with Crippen LogP contribution in [0.15, 0.2) is 35.7 Å². The van der Waals surface area contributed by atoms with E-state index in [1.165, 1.54) is 23.3 Å². The number of amides is 2. The molecule has 0 fully saturated rings. The molecule has 158 valence electrons. The minimum Gasteiger partial charge on any atom is -0.465 e. The maximum absolute atomic E-state index is 12.8. The Morgan fingerprint density at radius 2 is 1.97 bits per heavy atom. The van der Waals surface area contributed by atoms with E-state index in [-0.39, 0.29) is 13.0 Å². The molecule has 0 aliphatic heterocycles. The van der Waals surface area contributed by atoms with Crippen molar-refractivity contribution in [2.24, 2.45) is 5.14 Å². The fraction of sp³-hybridized carbons (Fsp3) is 0.353. The molecule has 5 N–H and O–H groups in total. The number of carboxylic acid groups (broad SMARTS) is 1. The lowest BCUT2D eigenvalue weighted by Crippen LogP contribution is -2.47. The van der Waals surface area contributed by atoms with Crippen molar-refractivity contribution in [3.05, 3.63) is 35.7 Å². The number of anilines is 1. The molecule has 1 aromatic heterocycles. The third-order valence-corrected chi connectivity index (χ3v) is 5.52. The molecule has 1 heterocycles. The zero-order chi connectivity index (χ0) is 21.4. The van der Waals surface area contributed by atoms with Crippen LogP contribution in [0.3, 0.4) is 0 Å². The second-order valence-corrected chi connectivity index (χ2v) is 8.43. The number of nitrogens with two attached hydrogens (primary N) is 1. The first-order valence-electron chi connectivity index (χ1n) is 8.72. The van der Waals surface area contributed by atoms with Crippen LogP contribution in [-0.2, 0) is 15.0 Å². The Kier molecular flexibility index (Phi) is 8.08. The Morgan fingerprint density at radius 1 is 1.28 bits per heavy atom. The first-order valence-corrected chi connectivity index (χ1v) is 11.2. The number of carbonyl (C=O) groups is 2. The molecule has 0 saturated heterocycles. The van der Waals surface area contributed by atoms with Crippen molar-refractivity contribution in [3.63, 3.8) is 0 Å². The maximum atomic E-state index is 12.8. The van der Waals surface area contributed by atoms with Crippen molar-refractivity contribution in [1.29, 1.82) is 0 Å². The van der Waals surface area contributed by atoms with Crippen molar-refractivity contribution < 1.29 is 23.1 Å². The molecular weight excluding hydrogens is 418 g/mol. The SMILES string of the molecule is CN(C(=O)C(CCCCNS(N)(=O)=O)NC(=O)O)c1nc(-c2ccccc2)cs1. The highest BCUT2D eigenvalue weighted by Gasteiger charge is 2.26. The van der Waals surface area contributed by atoms with E-state index in [0.717, 1.165) is 11.3 Å². The highest BCUT2D eigenvalue weighted by atomic mass is 32.2. The van der Waals surface area contributed by atoms with E-state index in [1.807, 2.05) is 35.7 Å². The van der Waals surface area contributed by atoms with Crippen molar-refractivity contribution in [1.82, 2.24) is 15.0 Å². The largest absolute Gasteiger partial charge is 0.465 e. The Morgan fingerprint density at radius 3 is 2.59 bits per heavy atom. The normalized spacial score (nSPS) is 12.3. The second kappa shape index (κ2) is 10.3. The monoisotopic (exact) mass is 441 g/mol. The van der Waals surface area contributed by atoms with Crippen LogP contribution in [0.2, 0.25) is 0 Å².